The van der Waals surface area contributed by atoms with Crippen molar-refractivity contribution in [1.82, 2.24) is 14.8 Å². The van der Waals surface area contributed by atoms with Gasteiger partial charge in [-0.25, -0.2) is 4.39 Å². The molecule has 1 aromatic heterocycles. The Morgan fingerprint density at radius 3 is 2.81 bits per heavy atom. The van der Waals surface area contributed by atoms with Crippen molar-refractivity contribution >= 4 is 5.91 Å². The average Bonchev–Trinajstić information content (AvgIpc) is 2.76. The fourth-order valence-electron chi connectivity index (χ4n) is 3.12. The first kappa shape index (κ1) is 20.2. The van der Waals surface area contributed by atoms with Crippen LogP contribution in [0.25, 0.3) is 0 Å². The first-order valence-corrected chi connectivity index (χ1v) is 9.26. The maximum atomic E-state index is 13.3. The van der Waals surface area contributed by atoms with E-state index in [1.54, 1.807) is 0 Å². The highest BCUT2D eigenvalue weighted by Crippen LogP contribution is 2.21. The first-order chi connectivity index (χ1) is 12.4. The molecular formula is C21H30FN3O. The molecule has 4 nitrogen and oxygen atoms in total. The Morgan fingerprint density at radius 2 is 2.12 bits per heavy atom. The number of hydrogen-bond donors (Lipinski definition) is 1. The van der Waals surface area contributed by atoms with Gasteiger partial charge in [0, 0.05) is 31.0 Å². The molecule has 0 spiro atoms. The number of amides is 1. The standard InChI is InChI=1S/C21H30FN3O/c1-5-19-15-20(21(26)23-12-14-24(3)4)16(2)25(19)13-11-17-7-6-8-18(22)10-9-17/h6,8-10,15H,5,7,11-14H2,1-4H3,(H,23,26). The minimum absolute atomic E-state index is 0.0144. The van der Waals surface area contributed by atoms with Gasteiger partial charge in [-0.05, 0) is 58.5 Å². The lowest BCUT2D eigenvalue weighted by molar-refractivity contribution is 0.0950. The van der Waals surface area contributed by atoms with Crippen LogP contribution in [0.5, 0.6) is 0 Å². The summed E-state index contributed by atoms with van der Waals surface area (Å²) in [5.41, 5.74) is 4.10. The van der Waals surface area contributed by atoms with E-state index in [-0.39, 0.29) is 11.7 Å². The van der Waals surface area contributed by atoms with Gasteiger partial charge in [0.1, 0.15) is 5.83 Å². The number of carbonyl (C=O) groups excluding carboxylic acids is 1. The van der Waals surface area contributed by atoms with Gasteiger partial charge in [0.05, 0.1) is 5.56 Å². The van der Waals surface area contributed by atoms with Crippen molar-refractivity contribution in [2.45, 2.75) is 39.7 Å². The Balaban J connectivity index is 2.08. The predicted octanol–water partition coefficient (Wildman–Crippen LogP) is 3.78. The Morgan fingerprint density at radius 1 is 1.35 bits per heavy atom. The molecule has 0 saturated heterocycles. The van der Waals surface area contributed by atoms with Crippen LogP contribution in [0, 0.1) is 6.92 Å². The minimum Gasteiger partial charge on any atom is -0.351 e. The van der Waals surface area contributed by atoms with Gasteiger partial charge in [-0.1, -0.05) is 24.6 Å². The topological polar surface area (TPSA) is 37.3 Å². The maximum absolute atomic E-state index is 13.3. The monoisotopic (exact) mass is 359 g/mol. The van der Waals surface area contributed by atoms with Crippen LogP contribution >= 0.6 is 0 Å². The highest BCUT2D eigenvalue weighted by atomic mass is 19.1. The molecule has 0 aliphatic heterocycles. The fourth-order valence-corrected chi connectivity index (χ4v) is 3.12. The number of allylic oxidation sites excluding steroid dienone is 6. The van der Waals surface area contributed by atoms with Gasteiger partial charge >= 0.3 is 0 Å². The van der Waals surface area contributed by atoms with E-state index in [2.05, 4.69) is 16.8 Å². The largest absolute Gasteiger partial charge is 0.351 e. The molecule has 0 unspecified atom stereocenters. The summed E-state index contributed by atoms with van der Waals surface area (Å²) in [7, 11) is 3.98. The molecule has 1 aliphatic carbocycles. The number of hydrogen-bond acceptors (Lipinski definition) is 2. The highest BCUT2D eigenvalue weighted by Gasteiger charge is 2.16. The molecule has 0 bridgehead atoms. The number of aromatic nitrogens is 1. The van der Waals surface area contributed by atoms with E-state index < -0.39 is 0 Å². The summed E-state index contributed by atoms with van der Waals surface area (Å²) < 4.78 is 15.5. The highest BCUT2D eigenvalue weighted by molar-refractivity contribution is 5.95. The van der Waals surface area contributed by atoms with E-state index in [9.17, 15) is 9.18 Å². The Hall–Kier alpha value is -2.14. The van der Waals surface area contributed by atoms with Gasteiger partial charge in [0.2, 0.25) is 0 Å². The summed E-state index contributed by atoms with van der Waals surface area (Å²) in [6.07, 6.45) is 9.25. The van der Waals surface area contributed by atoms with Gasteiger partial charge in [-0.3, -0.25) is 4.79 Å². The van der Waals surface area contributed by atoms with E-state index >= 15 is 0 Å². The van der Waals surface area contributed by atoms with E-state index in [4.69, 9.17) is 0 Å². The van der Waals surface area contributed by atoms with Crippen molar-refractivity contribution in [2.24, 2.45) is 0 Å². The van der Waals surface area contributed by atoms with Crippen molar-refractivity contribution in [3.63, 3.8) is 0 Å². The summed E-state index contributed by atoms with van der Waals surface area (Å²) >= 11 is 0. The second-order valence-corrected chi connectivity index (χ2v) is 6.93. The number of rotatable bonds is 8. The quantitative estimate of drug-likeness (QED) is 0.767. The summed E-state index contributed by atoms with van der Waals surface area (Å²) in [6, 6.07) is 2.00. The van der Waals surface area contributed by atoms with Crippen LogP contribution in [-0.2, 0) is 13.0 Å². The van der Waals surface area contributed by atoms with Crippen molar-refractivity contribution in [2.75, 3.05) is 27.2 Å². The third kappa shape index (κ3) is 5.43. The predicted molar refractivity (Wildman–Crippen MR) is 105 cm³/mol. The van der Waals surface area contributed by atoms with Gasteiger partial charge in [-0.15, -0.1) is 0 Å². The molecule has 1 aromatic rings. The summed E-state index contributed by atoms with van der Waals surface area (Å²) in [4.78, 5) is 14.5. The molecule has 1 aliphatic rings. The number of nitrogens with one attached hydrogen (secondary N) is 1. The third-order valence-electron chi connectivity index (χ3n) is 4.70. The van der Waals surface area contributed by atoms with Crippen molar-refractivity contribution in [3.8, 4) is 0 Å². The van der Waals surface area contributed by atoms with Crippen LogP contribution < -0.4 is 5.32 Å². The average molecular weight is 359 g/mol. The van der Waals surface area contributed by atoms with Gasteiger partial charge in [-0.2, -0.15) is 0 Å². The number of halogens is 1. The second-order valence-electron chi connectivity index (χ2n) is 6.93. The van der Waals surface area contributed by atoms with Crippen LogP contribution in [0.3, 0.4) is 0 Å². The Bertz CT molecular complexity index is 726. The second kappa shape index (κ2) is 9.53. The third-order valence-corrected chi connectivity index (χ3v) is 4.70. The zero-order valence-electron chi connectivity index (χ0n) is 16.3. The minimum atomic E-state index is -0.205. The summed E-state index contributed by atoms with van der Waals surface area (Å²) in [5, 5.41) is 2.99. The molecule has 0 saturated carbocycles. The van der Waals surface area contributed by atoms with Crippen molar-refractivity contribution < 1.29 is 9.18 Å². The van der Waals surface area contributed by atoms with E-state index in [1.807, 2.05) is 44.1 Å². The lowest BCUT2D eigenvalue weighted by atomic mass is 10.1. The molecule has 2 rings (SSSR count). The van der Waals surface area contributed by atoms with Crippen molar-refractivity contribution in [3.05, 3.63) is 58.7 Å². The molecule has 0 atom stereocenters. The van der Waals surface area contributed by atoms with Gasteiger partial charge in [0.25, 0.3) is 5.91 Å². The zero-order valence-corrected chi connectivity index (χ0v) is 16.3. The number of nitrogens with zero attached hydrogens (tertiary/aromatic N) is 2. The van der Waals surface area contributed by atoms with Crippen LogP contribution in [-0.4, -0.2) is 42.6 Å². The summed E-state index contributed by atoms with van der Waals surface area (Å²) in [6.45, 7) is 6.35. The Labute approximate surface area is 156 Å². The van der Waals surface area contributed by atoms with Gasteiger partial charge < -0.3 is 14.8 Å². The maximum Gasteiger partial charge on any atom is 0.253 e. The van der Waals surface area contributed by atoms with Crippen LogP contribution in [0.2, 0.25) is 0 Å². The molecule has 26 heavy (non-hydrogen) atoms. The lowest BCUT2D eigenvalue weighted by Gasteiger charge is -2.13. The summed E-state index contributed by atoms with van der Waals surface area (Å²) in [5.74, 6) is -0.220. The van der Waals surface area contributed by atoms with Crippen molar-refractivity contribution in [1.29, 1.82) is 0 Å². The van der Waals surface area contributed by atoms with Crippen LogP contribution in [0.1, 0.15) is 41.5 Å². The lowest BCUT2D eigenvalue weighted by Crippen LogP contribution is -2.31. The molecule has 0 fully saturated rings. The molecular weight excluding hydrogens is 329 g/mol. The molecule has 1 amide bonds. The first-order valence-electron chi connectivity index (χ1n) is 9.26. The molecule has 5 heteroatoms. The van der Waals surface area contributed by atoms with Gasteiger partial charge in [0.15, 0.2) is 0 Å². The molecule has 142 valence electrons. The smallest absolute Gasteiger partial charge is 0.253 e. The number of carbonyl (C=O) groups is 1. The van der Waals surface area contributed by atoms with Crippen LogP contribution in [0.15, 0.2) is 41.8 Å². The Kier molecular flexibility index (Phi) is 7.39. The zero-order chi connectivity index (χ0) is 19.1. The number of aryl methyl sites for hydroxylation is 1. The molecule has 1 N–H and O–H groups in total. The molecule has 0 radical (unpaired) electrons. The molecule has 1 heterocycles. The van der Waals surface area contributed by atoms with E-state index in [0.29, 0.717) is 6.54 Å². The fraction of sp³-hybridized carbons (Fsp3) is 0.476. The van der Waals surface area contributed by atoms with E-state index in [0.717, 1.165) is 49.3 Å². The van der Waals surface area contributed by atoms with Crippen LogP contribution in [0.4, 0.5) is 4.39 Å². The van der Waals surface area contributed by atoms with E-state index in [1.165, 1.54) is 17.7 Å². The SMILES string of the molecule is CCc1cc(C(=O)NCCN(C)C)c(C)n1CCC1=CC=C(F)C=CC1. The normalized spacial score (nSPS) is 14.2. The molecule has 0 aromatic carbocycles. The number of likely N-dealkylation sites (N-methyl/N-ethyl adjacent to an activating group) is 1.